The van der Waals surface area contributed by atoms with Gasteiger partial charge in [0, 0.05) is 18.1 Å². The number of nitrogens with one attached hydrogen (secondary N) is 2. The van der Waals surface area contributed by atoms with Crippen molar-refractivity contribution >= 4 is 17.7 Å². The molecule has 1 aromatic heterocycles. The third-order valence-corrected chi connectivity index (χ3v) is 5.12. The van der Waals surface area contributed by atoms with Gasteiger partial charge >= 0.3 is 0 Å². The van der Waals surface area contributed by atoms with Gasteiger partial charge in [-0.15, -0.1) is 5.10 Å². The van der Waals surface area contributed by atoms with Crippen LogP contribution < -0.4 is 4.74 Å². The van der Waals surface area contributed by atoms with Gasteiger partial charge in [-0.2, -0.15) is 17.0 Å². The van der Waals surface area contributed by atoms with Gasteiger partial charge in [0.05, 0.1) is 18.4 Å². The first-order valence-electron chi connectivity index (χ1n) is 6.53. The van der Waals surface area contributed by atoms with E-state index in [2.05, 4.69) is 16.3 Å². The number of hydrogen-bond donors (Lipinski definition) is 2. The normalized spacial score (nSPS) is 24.0. The van der Waals surface area contributed by atoms with Gasteiger partial charge in [-0.3, -0.25) is 10.5 Å². The number of fused-ring (bicyclic) bond motifs is 2. The van der Waals surface area contributed by atoms with Crippen molar-refractivity contribution in [2.45, 2.75) is 24.9 Å². The SMILES string of the molecule is COCc1[nH]nc2c1C1(CCSCC1)C(C#N)C(=N)O2. The summed E-state index contributed by atoms with van der Waals surface area (Å²) in [7, 11) is 1.63. The van der Waals surface area contributed by atoms with E-state index in [9.17, 15) is 5.26 Å². The average molecular weight is 292 g/mol. The molecule has 2 aliphatic rings. The zero-order valence-electron chi connectivity index (χ0n) is 11.2. The Labute approximate surface area is 121 Å². The molecule has 7 heteroatoms. The van der Waals surface area contributed by atoms with E-state index in [0.29, 0.717) is 12.5 Å². The molecule has 0 saturated carbocycles. The third-order valence-electron chi connectivity index (χ3n) is 4.13. The molecule has 2 aliphatic heterocycles. The van der Waals surface area contributed by atoms with E-state index in [1.807, 2.05) is 11.8 Å². The molecule has 0 radical (unpaired) electrons. The minimum atomic E-state index is -0.538. The van der Waals surface area contributed by atoms with Crippen molar-refractivity contribution in [3.8, 4) is 11.9 Å². The number of nitrogens with zero attached hydrogens (tertiary/aromatic N) is 2. The second-order valence-corrected chi connectivity index (χ2v) is 6.34. The zero-order valence-corrected chi connectivity index (χ0v) is 12.0. The lowest BCUT2D eigenvalue weighted by Crippen LogP contribution is -2.47. The second-order valence-electron chi connectivity index (χ2n) is 5.11. The number of methoxy groups -OCH3 is 1. The summed E-state index contributed by atoms with van der Waals surface area (Å²) in [4.78, 5) is 0. The van der Waals surface area contributed by atoms with Gasteiger partial charge < -0.3 is 9.47 Å². The van der Waals surface area contributed by atoms with Crippen molar-refractivity contribution in [1.29, 1.82) is 10.7 Å². The topological polar surface area (TPSA) is 94.8 Å². The standard InChI is InChI=1S/C13H16N4O2S/c1-18-7-9-10-12(17-16-9)19-11(15)8(6-14)13(10)2-4-20-5-3-13/h8,15H,2-5,7H2,1H3,(H,16,17). The Morgan fingerprint density at radius 3 is 3.00 bits per heavy atom. The van der Waals surface area contributed by atoms with Crippen LogP contribution in [0.4, 0.5) is 0 Å². The van der Waals surface area contributed by atoms with Gasteiger partial charge in [-0.05, 0) is 24.3 Å². The van der Waals surface area contributed by atoms with Crippen molar-refractivity contribution < 1.29 is 9.47 Å². The quantitative estimate of drug-likeness (QED) is 0.867. The largest absolute Gasteiger partial charge is 0.422 e. The van der Waals surface area contributed by atoms with Gasteiger partial charge in [0.25, 0.3) is 0 Å². The van der Waals surface area contributed by atoms with E-state index in [-0.39, 0.29) is 11.3 Å². The summed E-state index contributed by atoms with van der Waals surface area (Å²) < 4.78 is 10.7. The summed E-state index contributed by atoms with van der Waals surface area (Å²) in [5.41, 5.74) is 1.45. The van der Waals surface area contributed by atoms with Gasteiger partial charge in [-0.1, -0.05) is 0 Å². The van der Waals surface area contributed by atoms with E-state index in [4.69, 9.17) is 14.9 Å². The van der Waals surface area contributed by atoms with E-state index < -0.39 is 5.92 Å². The first-order valence-corrected chi connectivity index (χ1v) is 7.68. The van der Waals surface area contributed by atoms with Crippen molar-refractivity contribution in [3.05, 3.63) is 11.3 Å². The maximum atomic E-state index is 9.52. The molecule has 0 amide bonds. The molecular formula is C13H16N4O2S. The Hall–Kier alpha value is -1.52. The molecule has 1 saturated heterocycles. The van der Waals surface area contributed by atoms with Crippen LogP contribution in [0.2, 0.25) is 0 Å². The second kappa shape index (κ2) is 5.11. The molecule has 1 fully saturated rings. The van der Waals surface area contributed by atoms with Crippen LogP contribution in [0.1, 0.15) is 24.1 Å². The van der Waals surface area contributed by atoms with Gasteiger partial charge in [0.15, 0.2) is 0 Å². The summed E-state index contributed by atoms with van der Waals surface area (Å²) in [5, 5.41) is 24.6. The molecule has 20 heavy (non-hydrogen) atoms. The minimum Gasteiger partial charge on any atom is -0.422 e. The van der Waals surface area contributed by atoms with Gasteiger partial charge in [0.2, 0.25) is 11.8 Å². The molecule has 1 spiro atoms. The van der Waals surface area contributed by atoms with E-state index in [0.717, 1.165) is 35.6 Å². The van der Waals surface area contributed by atoms with E-state index in [1.165, 1.54) is 0 Å². The zero-order chi connectivity index (χ0) is 14.2. The summed E-state index contributed by atoms with van der Waals surface area (Å²) in [6.45, 7) is 0.409. The Morgan fingerprint density at radius 1 is 1.60 bits per heavy atom. The predicted octanol–water partition coefficient (Wildman–Crippen LogP) is 1.83. The molecule has 0 bridgehead atoms. The monoisotopic (exact) mass is 292 g/mol. The highest BCUT2D eigenvalue weighted by atomic mass is 32.2. The maximum absolute atomic E-state index is 9.52. The molecule has 1 unspecified atom stereocenters. The van der Waals surface area contributed by atoms with Crippen LogP contribution in [0.3, 0.4) is 0 Å². The lowest BCUT2D eigenvalue weighted by atomic mass is 9.65. The van der Waals surface area contributed by atoms with Crippen molar-refractivity contribution in [3.63, 3.8) is 0 Å². The molecule has 106 valence electrons. The molecule has 0 aromatic carbocycles. The maximum Gasteiger partial charge on any atom is 0.243 e. The number of H-pyrrole nitrogens is 1. The van der Waals surface area contributed by atoms with Crippen molar-refractivity contribution in [1.82, 2.24) is 10.2 Å². The third kappa shape index (κ3) is 1.83. The van der Waals surface area contributed by atoms with E-state index >= 15 is 0 Å². The van der Waals surface area contributed by atoms with Crippen LogP contribution in [0.5, 0.6) is 5.88 Å². The number of hydrogen-bond acceptors (Lipinski definition) is 6. The van der Waals surface area contributed by atoms with Crippen LogP contribution in [0, 0.1) is 22.7 Å². The minimum absolute atomic E-state index is 0.0161. The van der Waals surface area contributed by atoms with Crippen LogP contribution in [0.25, 0.3) is 0 Å². The fourth-order valence-electron chi connectivity index (χ4n) is 3.21. The number of aromatic nitrogens is 2. The number of ether oxygens (including phenoxy) is 2. The lowest BCUT2D eigenvalue weighted by molar-refractivity contribution is 0.177. The highest BCUT2D eigenvalue weighted by molar-refractivity contribution is 7.99. The summed E-state index contributed by atoms with van der Waals surface area (Å²) in [6.07, 6.45) is 1.73. The number of rotatable bonds is 2. The molecule has 3 rings (SSSR count). The van der Waals surface area contributed by atoms with Gasteiger partial charge in [0.1, 0.15) is 5.92 Å². The first-order chi connectivity index (χ1) is 9.73. The molecular weight excluding hydrogens is 276 g/mol. The predicted molar refractivity (Wildman–Crippen MR) is 75.0 cm³/mol. The smallest absolute Gasteiger partial charge is 0.243 e. The first kappa shape index (κ1) is 13.5. The van der Waals surface area contributed by atoms with Crippen molar-refractivity contribution in [2.75, 3.05) is 18.6 Å². The number of nitriles is 1. The fourth-order valence-corrected chi connectivity index (χ4v) is 4.43. The molecule has 1 atom stereocenters. The Bertz CT molecular complexity index is 571. The Morgan fingerprint density at radius 2 is 2.35 bits per heavy atom. The van der Waals surface area contributed by atoms with Crippen LogP contribution in [-0.2, 0) is 16.8 Å². The lowest BCUT2D eigenvalue weighted by Gasteiger charge is -2.43. The van der Waals surface area contributed by atoms with Crippen molar-refractivity contribution in [2.24, 2.45) is 5.92 Å². The average Bonchev–Trinajstić information content (AvgIpc) is 2.84. The van der Waals surface area contributed by atoms with Crippen LogP contribution in [-0.4, -0.2) is 34.7 Å². The molecule has 3 heterocycles. The number of aromatic amines is 1. The Balaban J connectivity index is 2.15. The van der Waals surface area contributed by atoms with Crippen LogP contribution >= 0.6 is 11.8 Å². The highest BCUT2D eigenvalue weighted by Crippen LogP contribution is 2.51. The molecule has 0 aliphatic carbocycles. The number of thioether (sulfide) groups is 1. The van der Waals surface area contributed by atoms with Crippen LogP contribution in [0.15, 0.2) is 0 Å². The summed E-state index contributed by atoms with van der Waals surface area (Å²) in [6, 6.07) is 2.27. The highest BCUT2D eigenvalue weighted by Gasteiger charge is 2.52. The summed E-state index contributed by atoms with van der Waals surface area (Å²) in [5.74, 6) is 1.90. The molecule has 2 N–H and O–H groups in total. The van der Waals surface area contributed by atoms with Gasteiger partial charge in [-0.25, -0.2) is 0 Å². The summed E-state index contributed by atoms with van der Waals surface area (Å²) >= 11 is 1.89. The molecule has 1 aromatic rings. The fraction of sp³-hybridized carbons (Fsp3) is 0.615. The Kier molecular flexibility index (Phi) is 3.44. The molecule has 6 nitrogen and oxygen atoms in total. The van der Waals surface area contributed by atoms with E-state index in [1.54, 1.807) is 7.11 Å².